The number of carboxylic acids is 2. The molecule has 48 heavy (non-hydrogen) atoms. The van der Waals surface area contributed by atoms with Gasteiger partial charge in [-0.1, -0.05) is 0 Å². The zero-order valence-corrected chi connectivity index (χ0v) is 28.5. The molecule has 0 spiro atoms. The third-order valence-electron chi connectivity index (χ3n) is 13.0. The van der Waals surface area contributed by atoms with Gasteiger partial charge >= 0.3 is 11.9 Å². The standard InChI is InChI=1S/C40H42O6.2ClH/c41-37(42)29-1-5-31(6-2-29)45-35-16-36(46-32-7-3-30(4-8-32)38(43)44)34(40-20-26-12-27(21-40)14-28(13-26)22-40)15-33(35)39-17-23-9-24(18-39)11-25(10-23)19-39;;/h1-8,15-16,23-28H,9-14,17-22H2,(H,41,42)(H,43,44);2*1H/p-2. The van der Waals surface area contributed by atoms with Crippen LogP contribution < -0.4 is 34.3 Å². The number of carbonyl (C=O) groups is 2. The van der Waals surface area contributed by atoms with Gasteiger partial charge in [0.05, 0.1) is 11.1 Å². The van der Waals surface area contributed by atoms with Gasteiger partial charge in [-0.2, -0.15) is 0 Å². The van der Waals surface area contributed by atoms with E-state index in [0.29, 0.717) is 11.5 Å². The molecule has 6 nitrogen and oxygen atoms in total. The van der Waals surface area contributed by atoms with Crippen molar-refractivity contribution in [3.63, 3.8) is 0 Å². The Morgan fingerprint density at radius 3 is 1.06 bits per heavy atom. The minimum atomic E-state index is -0.953. The first-order chi connectivity index (χ1) is 22.2. The number of aromatic carboxylic acids is 2. The summed E-state index contributed by atoms with van der Waals surface area (Å²) in [7, 11) is 0. The van der Waals surface area contributed by atoms with Gasteiger partial charge in [0.2, 0.25) is 0 Å². The third kappa shape index (κ3) is 5.67. The summed E-state index contributed by atoms with van der Waals surface area (Å²) >= 11 is 0. The summed E-state index contributed by atoms with van der Waals surface area (Å²) in [6, 6.07) is 18.1. The molecule has 0 atom stereocenters. The van der Waals surface area contributed by atoms with Gasteiger partial charge in [-0.15, -0.1) is 0 Å². The summed E-state index contributed by atoms with van der Waals surface area (Å²) in [5.41, 5.74) is 3.30. The van der Waals surface area contributed by atoms with Crippen LogP contribution >= 0.6 is 0 Å². The quantitative estimate of drug-likeness (QED) is 0.376. The number of ether oxygens (including phenoxy) is 2. The molecule has 0 aliphatic heterocycles. The van der Waals surface area contributed by atoms with Crippen LogP contribution in [0.25, 0.3) is 0 Å². The molecule has 0 aromatic heterocycles. The molecule has 0 radical (unpaired) electrons. The van der Waals surface area contributed by atoms with Gasteiger partial charge in [0.15, 0.2) is 0 Å². The molecule has 254 valence electrons. The Balaban J connectivity index is 0.00000182. The molecule has 0 saturated heterocycles. The smallest absolute Gasteiger partial charge is 0.335 e. The van der Waals surface area contributed by atoms with Gasteiger partial charge in [0.25, 0.3) is 0 Å². The van der Waals surface area contributed by atoms with Crippen molar-refractivity contribution in [2.24, 2.45) is 35.5 Å². The van der Waals surface area contributed by atoms with E-state index in [2.05, 4.69) is 12.1 Å². The van der Waals surface area contributed by atoms with Crippen LogP contribution in [0.3, 0.4) is 0 Å². The van der Waals surface area contributed by atoms with E-state index in [0.717, 1.165) is 47.0 Å². The van der Waals surface area contributed by atoms with E-state index < -0.39 is 11.9 Å². The van der Waals surface area contributed by atoms with Crippen molar-refractivity contribution < 1.29 is 54.1 Å². The zero-order valence-electron chi connectivity index (χ0n) is 27.0. The van der Waals surface area contributed by atoms with Crippen LogP contribution in [0.4, 0.5) is 0 Å². The molecule has 8 aliphatic rings. The van der Waals surface area contributed by atoms with Crippen LogP contribution in [0.1, 0.15) is 109 Å². The average molecular weight is 690 g/mol. The molecule has 8 fully saturated rings. The van der Waals surface area contributed by atoms with Crippen molar-refractivity contribution in [3.05, 3.63) is 82.9 Å². The summed E-state index contributed by atoms with van der Waals surface area (Å²) in [5, 5.41) is 19.0. The van der Waals surface area contributed by atoms with Crippen LogP contribution in [-0.2, 0) is 10.8 Å². The van der Waals surface area contributed by atoms with Gasteiger partial charge in [0, 0.05) is 17.2 Å². The van der Waals surface area contributed by atoms with E-state index in [4.69, 9.17) is 9.47 Å². The Kier molecular flexibility index (Phi) is 8.51. The lowest BCUT2D eigenvalue weighted by Gasteiger charge is -2.58. The minimum absolute atomic E-state index is 0. The molecule has 0 amide bonds. The highest BCUT2D eigenvalue weighted by atomic mass is 35.5. The predicted octanol–water partition coefficient (Wildman–Crippen LogP) is 3.61. The largest absolute Gasteiger partial charge is 1.00 e. The van der Waals surface area contributed by atoms with E-state index in [9.17, 15) is 19.8 Å². The highest BCUT2D eigenvalue weighted by Gasteiger charge is 2.55. The molecule has 3 aromatic rings. The molecule has 8 heteroatoms. The molecule has 0 unspecified atom stereocenters. The van der Waals surface area contributed by atoms with Gasteiger partial charge in [0.1, 0.15) is 23.0 Å². The number of halogens is 2. The summed E-state index contributed by atoms with van der Waals surface area (Å²) < 4.78 is 13.6. The summed E-state index contributed by atoms with van der Waals surface area (Å²) in [4.78, 5) is 23.1. The molecule has 11 rings (SSSR count). The maximum Gasteiger partial charge on any atom is 0.335 e. The van der Waals surface area contributed by atoms with Gasteiger partial charge in [-0.05, 0) is 178 Å². The second kappa shape index (κ2) is 12.3. The van der Waals surface area contributed by atoms with Crippen molar-refractivity contribution in [3.8, 4) is 23.0 Å². The second-order valence-corrected chi connectivity index (χ2v) is 16.1. The molecular weight excluding hydrogens is 647 g/mol. The van der Waals surface area contributed by atoms with Crippen LogP contribution in [0.2, 0.25) is 0 Å². The number of hydrogen-bond donors (Lipinski definition) is 2. The van der Waals surface area contributed by atoms with E-state index in [1.165, 1.54) is 88.2 Å². The lowest BCUT2D eigenvalue weighted by Crippen LogP contribution is -3.00. The van der Waals surface area contributed by atoms with Crippen molar-refractivity contribution in [2.45, 2.75) is 87.9 Å². The van der Waals surface area contributed by atoms with Crippen molar-refractivity contribution in [2.75, 3.05) is 0 Å². The Bertz CT molecular complexity index is 1520. The number of benzene rings is 3. The Morgan fingerprint density at radius 2 is 0.792 bits per heavy atom. The first-order valence-corrected chi connectivity index (χ1v) is 17.4. The van der Waals surface area contributed by atoms with Crippen LogP contribution in [0.15, 0.2) is 60.7 Å². The fourth-order valence-corrected chi connectivity index (χ4v) is 12.0. The van der Waals surface area contributed by atoms with E-state index in [1.54, 1.807) is 48.5 Å². The zero-order chi connectivity index (χ0) is 31.2. The Morgan fingerprint density at radius 1 is 0.500 bits per heavy atom. The first-order valence-electron chi connectivity index (χ1n) is 17.4. The highest BCUT2D eigenvalue weighted by molar-refractivity contribution is 5.88. The summed E-state index contributed by atoms with van der Waals surface area (Å²) in [6.07, 6.45) is 15.5. The Labute approximate surface area is 294 Å². The van der Waals surface area contributed by atoms with E-state index in [-0.39, 0.29) is 46.8 Å². The molecule has 8 saturated carbocycles. The monoisotopic (exact) mass is 688 g/mol. The lowest BCUT2D eigenvalue weighted by atomic mass is 9.46. The second-order valence-electron chi connectivity index (χ2n) is 16.1. The molecule has 8 aliphatic carbocycles. The molecule has 3 aromatic carbocycles. The van der Waals surface area contributed by atoms with Gasteiger partial charge < -0.3 is 44.5 Å². The molecular formula is C40H42Cl2O6-2. The highest BCUT2D eigenvalue weighted by Crippen LogP contribution is 2.66. The molecule has 8 bridgehead atoms. The van der Waals surface area contributed by atoms with E-state index >= 15 is 0 Å². The summed E-state index contributed by atoms with van der Waals surface area (Å²) in [5.74, 6) is 5.64. The predicted molar refractivity (Wildman–Crippen MR) is 173 cm³/mol. The van der Waals surface area contributed by atoms with Gasteiger partial charge in [-0.3, -0.25) is 0 Å². The first kappa shape index (κ1) is 33.3. The van der Waals surface area contributed by atoms with E-state index in [1.807, 2.05) is 0 Å². The number of hydrogen-bond acceptors (Lipinski definition) is 4. The topological polar surface area (TPSA) is 93.1 Å². The minimum Gasteiger partial charge on any atom is -1.00 e. The SMILES string of the molecule is O=C(O)c1ccc(Oc2cc(Oc3ccc(C(=O)O)cc3)c(C34CC5CC(CC(C5)C3)C4)cc2C23CC4CC(CC(C4)C2)C3)cc1.[Cl-].[Cl-]. The summed E-state index contributed by atoms with van der Waals surface area (Å²) in [6.45, 7) is 0. The molecule has 2 N–H and O–H groups in total. The fourth-order valence-electron chi connectivity index (χ4n) is 12.0. The molecule has 0 heterocycles. The third-order valence-corrected chi connectivity index (χ3v) is 13.0. The van der Waals surface area contributed by atoms with Crippen molar-refractivity contribution >= 4 is 11.9 Å². The lowest BCUT2D eigenvalue weighted by molar-refractivity contribution is -0.00943. The van der Waals surface area contributed by atoms with Crippen molar-refractivity contribution in [1.82, 2.24) is 0 Å². The number of carboxylic acid groups (broad SMARTS) is 2. The van der Waals surface area contributed by atoms with Crippen LogP contribution in [0.5, 0.6) is 23.0 Å². The maximum absolute atomic E-state index is 11.6. The normalized spacial score (nSPS) is 33.4. The fraction of sp³-hybridized carbons (Fsp3) is 0.500. The average Bonchev–Trinajstić information content (AvgIpc) is 3.00. The van der Waals surface area contributed by atoms with Gasteiger partial charge in [-0.25, -0.2) is 9.59 Å². The van der Waals surface area contributed by atoms with Crippen LogP contribution in [-0.4, -0.2) is 22.2 Å². The number of rotatable bonds is 8. The maximum atomic E-state index is 11.6. The Hall–Kier alpha value is -3.22. The van der Waals surface area contributed by atoms with Crippen molar-refractivity contribution in [1.29, 1.82) is 0 Å². The van der Waals surface area contributed by atoms with Crippen LogP contribution in [0, 0.1) is 35.5 Å².